The molecule has 3 heterocycles. The number of carbonyl (C=O) groups is 1. The summed E-state index contributed by atoms with van der Waals surface area (Å²) in [4.78, 5) is 19.1. The highest BCUT2D eigenvalue weighted by atomic mass is 28.4. The number of carboxylic acids is 1. The van der Waals surface area contributed by atoms with Gasteiger partial charge in [-0.15, -0.1) is 5.10 Å². The maximum absolute atomic E-state index is 13.9. The van der Waals surface area contributed by atoms with Crippen LogP contribution in [-0.4, -0.2) is 66.8 Å². The summed E-state index contributed by atoms with van der Waals surface area (Å²) in [5, 5.41) is 14.0. The van der Waals surface area contributed by atoms with Crippen LogP contribution >= 0.6 is 0 Å². The summed E-state index contributed by atoms with van der Waals surface area (Å²) < 4.78 is 53.9. The number of nitrogens with zero attached hydrogens (tertiary/aromatic N) is 5. The molecule has 1 aromatic carbocycles. The highest BCUT2D eigenvalue weighted by Gasteiger charge is 2.43. The topological polar surface area (TPSA) is 92.4 Å². The number of ether oxygens (including phenoxy) is 1. The van der Waals surface area contributed by atoms with E-state index in [4.69, 9.17) is 9.16 Å². The Morgan fingerprint density at radius 1 is 1.18 bits per heavy atom. The van der Waals surface area contributed by atoms with Gasteiger partial charge >= 0.3 is 12.1 Å². The standard InChI is InChI=1S/C26H34F3N5O4Si/c1-25(2,3)39(5,6)38-19-14-33(15-19)22-11-20(24-30-12-21(26(27,28)29)34(24)31-22)32(16-23(35)36)13-17-7-9-18(37-4)10-8-17/h7-12,19H,13-16H2,1-6H3,(H,35,36). The Morgan fingerprint density at radius 2 is 1.82 bits per heavy atom. The van der Waals surface area contributed by atoms with Gasteiger partial charge in [0.15, 0.2) is 25.5 Å². The lowest BCUT2D eigenvalue weighted by Crippen LogP contribution is -2.58. The minimum Gasteiger partial charge on any atom is -0.497 e. The average Bonchev–Trinajstić information content (AvgIpc) is 3.24. The van der Waals surface area contributed by atoms with E-state index in [0.29, 0.717) is 24.7 Å². The Hall–Kier alpha value is -3.32. The number of halogens is 3. The summed E-state index contributed by atoms with van der Waals surface area (Å²) in [5.41, 5.74) is -0.115. The SMILES string of the molecule is COc1ccc(CN(CC(=O)O)c2cc(N3CC(O[Si](C)(C)C(C)(C)C)C3)nn3c(C(F)(F)F)cnc23)cc1. The van der Waals surface area contributed by atoms with E-state index in [0.717, 1.165) is 16.3 Å². The molecule has 0 spiro atoms. The van der Waals surface area contributed by atoms with Crippen molar-refractivity contribution in [2.24, 2.45) is 0 Å². The molecule has 4 rings (SSSR count). The molecule has 9 nitrogen and oxygen atoms in total. The van der Waals surface area contributed by atoms with E-state index in [1.54, 1.807) is 30.3 Å². The van der Waals surface area contributed by atoms with Crippen molar-refractivity contribution < 1.29 is 32.2 Å². The predicted molar refractivity (Wildman–Crippen MR) is 144 cm³/mol. The molecule has 0 unspecified atom stereocenters. The smallest absolute Gasteiger partial charge is 0.435 e. The van der Waals surface area contributed by atoms with E-state index < -0.39 is 32.7 Å². The molecular formula is C26H34F3N5O4Si. The second kappa shape index (κ2) is 10.3. The quantitative estimate of drug-likeness (QED) is 0.360. The largest absolute Gasteiger partial charge is 0.497 e. The number of aromatic nitrogens is 3. The van der Waals surface area contributed by atoms with Crippen molar-refractivity contribution in [3.63, 3.8) is 0 Å². The van der Waals surface area contributed by atoms with E-state index >= 15 is 0 Å². The number of hydrogen-bond donors (Lipinski definition) is 1. The van der Waals surface area contributed by atoms with Gasteiger partial charge in [-0.1, -0.05) is 32.9 Å². The minimum absolute atomic E-state index is 0.0228. The van der Waals surface area contributed by atoms with Crippen LogP contribution in [0.4, 0.5) is 24.7 Å². The van der Waals surface area contributed by atoms with Crippen LogP contribution in [0.5, 0.6) is 5.75 Å². The van der Waals surface area contributed by atoms with E-state index in [9.17, 15) is 23.1 Å². The molecule has 0 saturated carbocycles. The molecule has 212 valence electrons. The highest BCUT2D eigenvalue weighted by molar-refractivity contribution is 6.74. The minimum atomic E-state index is -4.70. The van der Waals surface area contributed by atoms with E-state index in [2.05, 4.69) is 43.9 Å². The molecule has 13 heteroatoms. The molecule has 1 N–H and O–H groups in total. The molecular weight excluding hydrogens is 531 g/mol. The lowest BCUT2D eigenvalue weighted by molar-refractivity contribution is -0.142. The molecule has 39 heavy (non-hydrogen) atoms. The van der Waals surface area contributed by atoms with Crippen molar-refractivity contribution in [3.8, 4) is 5.75 Å². The normalized spacial score (nSPS) is 14.9. The summed E-state index contributed by atoms with van der Waals surface area (Å²) in [6.07, 6.45) is -4.04. The maximum atomic E-state index is 13.9. The van der Waals surface area contributed by atoms with Gasteiger partial charge in [0, 0.05) is 25.7 Å². The summed E-state index contributed by atoms with van der Waals surface area (Å²) >= 11 is 0. The molecule has 0 amide bonds. The van der Waals surface area contributed by atoms with Crippen LogP contribution < -0.4 is 14.5 Å². The molecule has 3 aromatic rings. The Labute approximate surface area is 226 Å². The number of imidazole rings is 1. The van der Waals surface area contributed by atoms with Gasteiger partial charge in [-0.25, -0.2) is 9.50 Å². The van der Waals surface area contributed by atoms with Crippen LogP contribution in [-0.2, 0) is 21.9 Å². The van der Waals surface area contributed by atoms with Crippen LogP contribution in [0.3, 0.4) is 0 Å². The van der Waals surface area contributed by atoms with Crippen LogP contribution in [0.1, 0.15) is 32.0 Å². The van der Waals surface area contributed by atoms with Gasteiger partial charge in [-0.05, 0) is 35.8 Å². The van der Waals surface area contributed by atoms with Crippen molar-refractivity contribution in [1.29, 1.82) is 0 Å². The van der Waals surface area contributed by atoms with Crippen molar-refractivity contribution >= 4 is 31.4 Å². The molecule has 0 radical (unpaired) electrons. The fraction of sp³-hybridized carbons (Fsp3) is 0.500. The number of anilines is 2. The van der Waals surface area contributed by atoms with E-state index in [1.165, 1.54) is 12.0 Å². The third kappa shape index (κ3) is 6.14. The number of methoxy groups -OCH3 is 1. The fourth-order valence-corrected chi connectivity index (χ4v) is 5.49. The predicted octanol–water partition coefficient (Wildman–Crippen LogP) is 5.06. The Bertz CT molecular complexity index is 1330. The third-order valence-corrected chi connectivity index (χ3v) is 11.9. The van der Waals surface area contributed by atoms with Gasteiger partial charge in [0.1, 0.15) is 12.3 Å². The second-order valence-electron chi connectivity index (χ2n) is 11.3. The number of alkyl halides is 3. The first kappa shape index (κ1) is 28.7. The van der Waals surface area contributed by atoms with Gasteiger partial charge in [0.25, 0.3) is 0 Å². The molecule has 1 aliphatic rings. The Morgan fingerprint density at radius 3 is 2.36 bits per heavy atom. The first-order chi connectivity index (χ1) is 18.1. The van der Waals surface area contributed by atoms with Crippen LogP contribution in [0.15, 0.2) is 36.5 Å². The second-order valence-corrected chi connectivity index (χ2v) is 16.0. The van der Waals surface area contributed by atoms with Gasteiger partial charge in [-0.2, -0.15) is 13.2 Å². The summed E-state index contributed by atoms with van der Waals surface area (Å²) in [5.74, 6) is -0.205. The number of rotatable bonds is 9. The molecule has 1 fully saturated rings. The maximum Gasteiger partial charge on any atom is 0.435 e. The summed E-state index contributed by atoms with van der Waals surface area (Å²) in [7, 11) is -0.489. The Kier molecular flexibility index (Phi) is 7.60. The monoisotopic (exact) mass is 565 g/mol. The number of carboxylic acid groups (broad SMARTS) is 1. The number of fused-ring (bicyclic) bond motifs is 1. The number of hydrogen-bond acceptors (Lipinski definition) is 7. The van der Waals surface area contributed by atoms with E-state index in [1.807, 2.05) is 4.90 Å². The average molecular weight is 566 g/mol. The molecule has 0 aliphatic carbocycles. The van der Waals surface area contributed by atoms with Crippen molar-refractivity contribution in [1.82, 2.24) is 14.6 Å². The van der Waals surface area contributed by atoms with Gasteiger partial charge in [-0.3, -0.25) is 4.79 Å². The van der Waals surface area contributed by atoms with Gasteiger partial charge in [0.05, 0.1) is 25.1 Å². The lowest BCUT2D eigenvalue weighted by Gasteiger charge is -2.46. The molecule has 0 bridgehead atoms. The zero-order valence-electron chi connectivity index (χ0n) is 22.9. The van der Waals surface area contributed by atoms with Gasteiger partial charge in [0.2, 0.25) is 0 Å². The fourth-order valence-electron chi connectivity index (χ4n) is 4.15. The first-order valence-electron chi connectivity index (χ1n) is 12.6. The molecule has 0 atom stereocenters. The highest BCUT2D eigenvalue weighted by Crippen LogP contribution is 2.39. The van der Waals surface area contributed by atoms with Crippen LogP contribution in [0.25, 0.3) is 5.65 Å². The van der Waals surface area contributed by atoms with Crippen LogP contribution in [0, 0.1) is 0 Å². The Balaban J connectivity index is 1.71. The molecule has 1 aliphatic heterocycles. The molecule has 2 aromatic heterocycles. The summed E-state index contributed by atoms with van der Waals surface area (Å²) in [6, 6.07) is 8.64. The zero-order chi connectivity index (χ0) is 28.8. The van der Waals surface area contributed by atoms with Crippen molar-refractivity contribution in [3.05, 3.63) is 47.8 Å². The number of aliphatic carboxylic acids is 1. The third-order valence-electron chi connectivity index (χ3n) is 7.36. The van der Waals surface area contributed by atoms with Crippen LogP contribution in [0.2, 0.25) is 18.1 Å². The summed E-state index contributed by atoms with van der Waals surface area (Å²) in [6.45, 7) is 11.4. The molecule has 1 saturated heterocycles. The van der Waals surface area contributed by atoms with E-state index in [-0.39, 0.29) is 29.0 Å². The zero-order valence-corrected chi connectivity index (χ0v) is 23.9. The van der Waals surface area contributed by atoms with Crippen molar-refractivity contribution in [2.45, 2.75) is 57.7 Å². The number of benzene rings is 1. The lowest BCUT2D eigenvalue weighted by atomic mass is 10.1. The first-order valence-corrected chi connectivity index (χ1v) is 15.5. The van der Waals surface area contributed by atoms with Gasteiger partial charge < -0.3 is 24.1 Å². The van der Waals surface area contributed by atoms with Crippen molar-refractivity contribution in [2.75, 3.05) is 36.5 Å².